The summed E-state index contributed by atoms with van der Waals surface area (Å²) in [7, 11) is 1.69. The molecule has 1 saturated heterocycles. The SMILES string of the molecule is COC1(CNCC(O)COc2cnsn2)CCOC1. The first-order valence-electron chi connectivity index (χ1n) is 6.16. The van der Waals surface area contributed by atoms with Crippen LogP contribution in [0.15, 0.2) is 6.20 Å². The van der Waals surface area contributed by atoms with Crippen LogP contribution in [0.2, 0.25) is 0 Å². The number of aromatic nitrogens is 2. The van der Waals surface area contributed by atoms with Crippen molar-refractivity contribution in [1.29, 1.82) is 0 Å². The highest BCUT2D eigenvalue weighted by molar-refractivity contribution is 6.99. The molecule has 2 N–H and O–H groups in total. The van der Waals surface area contributed by atoms with Gasteiger partial charge in [-0.15, -0.1) is 4.37 Å². The lowest BCUT2D eigenvalue weighted by atomic mass is 10.0. The molecule has 2 rings (SSSR count). The lowest BCUT2D eigenvalue weighted by Gasteiger charge is -2.26. The van der Waals surface area contributed by atoms with Gasteiger partial charge in [0.05, 0.1) is 18.3 Å². The summed E-state index contributed by atoms with van der Waals surface area (Å²) in [6.45, 7) is 2.59. The number of aliphatic hydroxyl groups excluding tert-OH is 1. The van der Waals surface area contributed by atoms with Gasteiger partial charge < -0.3 is 24.6 Å². The minimum atomic E-state index is -0.599. The molecule has 7 nitrogen and oxygen atoms in total. The lowest BCUT2D eigenvalue weighted by molar-refractivity contribution is -0.0180. The summed E-state index contributed by atoms with van der Waals surface area (Å²) in [4.78, 5) is 0. The molecule has 1 aliphatic heterocycles. The summed E-state index contributed by atoms with van der Waals surface area (Å²) in [5, 5.41) is 13.0. The summed E-state index contributed by atoms with van der Waals surface area (Å²) in [6.07, 6.45) is 1.80. The van der Waals surface area contributed by atoms with E-state index in [-0.39, 0.29) is 12.2 Å². The average Bonchev–Trinajstić information content (AvgIpc) is 3.08. The smallest absolute Gasteiger partial charge is 0.245 e. The fourth-order valence-electron chi connectivity index (χ4n) is 1.89. The Morgan fingerprint density at radius 3 is 3.21 bits per heavy atom. The molecular formula is C11H19N3O4S. The van der Waals surface area contributed by atoms with Gasteiger partial charge in [0.15, 0.2) is 0 Å². The molecule has 0 aromatic carbocycles. The van der Waals surface area contributed by atoms with Gasteiger partial charge in [-0.1, -0.05) is 0 Å². The van der Waals surface area contributed by atoms with E-state index in [0.717, 1.165) is 24.8 Å². The van der Waals surface area contributed by atoms with Gasteiger partial charge in [0.1, 0.15) is 24.5 Å². The maximum atomic E-state index is 9.77. The molecule has 0 saturated carbocycles. The Balaban J connectivity index is 1.62. The van der Waals surface area contributed by atoms with Crippen molar-refractivity contribution < 1.29 is 19.3 Å². The molecule has 2 unspecified atom stereocenters. The molecule has 0 amide bonds. The van der Waals surface area contributed by atoms with Gasteiger partial charge in [0.2, 0.25) is 5.88 Å². The highest BCUT2D eigenvalue weighted by Gasteiger charge is 2.34. The van der Waals surface area contributed by atoms with Gasteiger partial charge in [-0.25, -0.2) is 0 Å². The zero-order valence-corrected chi connectivity index (χ0v) is 11.7. The second-order valence-electron chi connectivity index (χ2n) is 4.53. The summed E-state index contributed by atoms with van der Waals surface area (Å²) in [5.41, 5.74) is -0.264. The van der Waals surface area contributed by atoms with E-state index in [1.807, 2.05) is 0 Å². The van der Waals surface area contributed by atoms with Gasteiger partial charge in [0, 0.05) is 33.2 Å². The standard InChI is InChI=1S/C11H19N3O4S/c1-16-11(2-3-17-8-11)7-12-4-9(15)6-18-10-5-13-19-14-10/h5,9,12,15H,2-4,6-8H2,1H3. The van der Waals surface area contributed by atoms with E-state index < -0.39 is 6.10 Å². The van der Waals surface area contributed by atoms with Crippen molar-refractivity contribution in [1.82, 2.24) is 14.1 Å². The molecule has 0 aliphatic carbocycles. The van der Waals surface area contributed by atoms with Gasteiger partial charge in [0.25, 0.3) is 0 Å². The number of hydrogen-bond donors (Lipinski definition) is 2. The van der Waals surface area contributed by atoms with Crippen LogP contribution < -0.4 is 10.1 Å². The fourth-order valence-corrected chi connectivity index (χ4v) is 2.25. The van der Waals surface area contributed by atoms with E-state index in [1.165, 1.54) is 6.20 Å². The Labute approximate surface area is 116 Å². The second-order valence-corrected chi connectivity index (χ2v) is 5.09. The minimum Gasteiger partial charge on any atom is -0.473 e. The highest BCUT2D eigenvalue weighted by Crippen LogP contribution is 2.21. The van der Waals surface area contributed by atoms with Crippen molar-refractivity contribution in [3.63, 3.8) is 0 Å². The van der Waals surface area contributed by atoms with Crippen molar-refractivity contribution in [3.8, 4) is 5.88 Å². The number of ether oxygens (including phenoxy) is 3. The zero-order chi connectivity index (χ0) is 13.6. The van der Waals surface area contributed by atoms with E-state index in [0.29, 0.717) is 25.6 Å². The molecule has 0 spiro atoms. The first kappa shape index (κ1) is 14.6. The van der Waals surface area contributed by atoms with E-state index in [2.05, 4.69) is 14.1 Å². The molecule has 1 aromatic rings. The highest BCUT2D eigenvalue weighted by atomic mass is 32.1. The molecule has 0 radical (unpaired) electrons. The normalized spacial score (nSPS) is 24.5. The average molecular weight is 289 g/mol. The molecule has 0 bridgehead atoms. The van der Waals surface area contributed by atoms with Crippen LogP contribution in [0.3, 0.4) is 0 Å². The number of methoxy groups -OCH3 is 1. The van der Waals surface area contributed by atoms with E-state index in [9.17, 15) is 5.11 Å². The zero-order valence-electron chi connectivity index (χ0n) is 10.9. The third-order valence-electron chi connectivity index (χ3n) is 3.09. The van der Waals surface area contributed by atoms with Crippen LogP contribution in [0.5, 0.6) is 5.88 Å². The van der Waals surface area contributed by atoms with Gasteiger partial charge in [-0.05, 0) is 0 Å². The summed E-state index contributed by atoms with van der Waals surface area (Å²) < 4.78 is 23.8. The third kappa shape index (κ3) is 4.36. The van der Waals surface area contributed by atoms with Crippen LogP contribution in [-0.4, -0.2) is 65.6 Å². The summed E-state index contributed by atoms with van der Waals surface area (Å²) in [6, 6.07) is 0. The van der Waals surface area contributed by atoms with Crippen LogP contribution in [0.4, 0.5) is 0 Å². The number of nitrogens with one attached hydrogen (secondary N) is 1. The van der Waals surface area contributed by atoms with Gasteiger partial charge in [-0.3, -0.25) is 0 Å². The largest absolute Gasteiger partial charge is 0.473 e. The third-order valence-corrected chi connectivity index (χ3v) is 3.55. The van der Waals surface area contributed by atoms with Crippen LogP contribution >= 0.6 is 11.7 Å². The first-order valence-corrected chi connectivity index (χ1v) is 6.89. The molecular weight excluding hydrogens is 270 g/mol. The van der Waals surface area contributed by atoms with Crippen molar-refractivity contribution in [2.75, 3.05) is 40.0 Å². The predicted octanol–water partition coefficient (Wildman–Crippen LogP) is -0.327. The van der Waals surface area contributed by atoms with Gasteiger partial charge in [-0.2, -0.15) is 4.37 Å². The topological polar surface area (TPSA) is 85.7 Å². The predicted molar refractivity (Wildman–Crippen MR) is 69.5 cm³/mol. The first-order chi connectivity index (χ1) is 9.24. The van der Waals surface area contributed by atoms with Crippen molar-refractivity contribution in [2.45, 2.75) is 18.1 Å². The molecule has 1 aliphatic rings. The Hall–Kier alpha value is -0.800. The van der Waals surface area contributed by atoms with E-state index >= 15 is 0 Å². The lowest BCUT2D eigenvalue weighted by Crippen LogP contribution is -2.45. The van der Waals surface area contributed by atoms with Crippen molar-refractivity contribution >= 4 is 11.7 Å². The van der Waals surface area contributed by atoms with Crippen LogP contribution in [-0.2, 0) is 9.47 Å². The summed E-state index contributed by atoms with van der Waals surface area (Å²) in [5.74, 6) is 0.446. The summed E-state index contributed by atoms with van der Waals surface area (Å²) >= 11 is 1.08. The molecule has 1 fully saturated rings. The van der Waals surface area contributed by atoms with Crippen molar-refractivity contribution in [3.05, 3.63) is 6.20 Å². The Kier molecular flexibility index (Phi) is 5.46. The van der Waals surface area contributed by atoms with Crippen LogP contribution in [0, 0.1) is 0 Å². The Bertz CT molecular complexity index is 357. The molecule has 19 heavy (non-hydrogen) atoms. The fraction of sp³-hybridized carbons (Fsp3) is 0.818. The maximum absolute atomic E-state index is 9.77. The monoisotopic (exact) mass is 289 g/mol. The van der Waals surface area contributed by atoms with Crippen LogP contribution in [0.25, 0.3) is 0 Å². The number of hydrogen-bond acceptors (Lipinski definition) is 8. The van der Waals surface area contributed by atoms with Crippen LogP contribution in [0.1, 0.15) is 6.42 Å². The quantitative estimate of drug-likeness (QED) is 0.678. The molecule has 1 aromatic heterocycles. The number of rotatable bonds is 8. The Morgan fingerprint density at radius 1 is 1.68 bits per heavy atom. The minimum absolute atomic E-state index is 0.189. The molecule has 2 atom stereocenters. The Morgan fingerprint density at radius 2 is 2.58 bits per heavy atom. The molecule has 108 valence electrons. The second kappa shape index (κ2) is 7.11. The van der Waals surface area contributed by atoms with E-state index in [4.69, 9.17) is 14.2 Å². The molecule has 2 heterocycles. The maximum Gasteiger partial charge on any atom is 0.245 e. The number of nitrogens with zero attached hydrogens (tertiary/aromatic N) is 2. The van der Waals surface area contributed by atoms with Gasteiger partial charge >= 0.3 is 0 Å². The van der Waals surface area contributed by atoms with E-state index in [1.54, 1.807) is 7.11 Å². The number of aliphatic hydroxyl groups is 1. The molecule has 8 heteroatoms. The van der Waals surface area contributed by atoms with Crippen molar-refractivity contribution in [2.24, 2.45) is 0 Å².